The minimum absolute atomic E-state index is 0.0212. The summed E-state index contributed by atoms with van der Waals surface area (Å²) < 4.78 is 13.9. The van der Waals surface area contributed by atoms with Gasteiger partial charge in [-0.25, -0.2) is 4.39 Å². The lowest BCUT2D eigenvalue weighted by atomic mass is 10.0. The summed E-state index contributed by atoms with van der Waals surface area (Å²) in [6.07, 6.45) is 0.728. The Bertz CT molecular complexity index is 717. The molecule has 21 heavy (non-hydrogen) atoms. The van der Waals surface area contributed by atoms with E-state index in [9.17, 15) is 4.39 Å². The smallest absolute Gasteiger partial charge is 0.123 e. The van der Waals surface area contributed by atoms with Crippen LogP contribution in [0.3, 0.4) is 0 Å². The van der Waals surface area contributed by atoms with Crippen LogP contribution >= 0.6 is 15.9 Å². The summed E-state index contributed by atoms with van der Waals surface area (Å²) >= 11 is 3.44. The Kier molecular flexibility index (Phi) is 3.72. The lowest BCUT2D eigenvalue weighted by Gasteiger charge is -2.24. The van der Waals surface area contributed by atoms with Gasteiger partial charge in [0.05, 0.1) is 23.4 Å². The fourth-order valence-corrected chi connectivity index (χ4v) is 2.82. The average Bonchev–Trinajstić information content (AvgIpc) is 2.90. The van der Waals surface area contributed by atoms with Gasteiger partial charge in [-0.2, -0.15) is 10.4 Å². The van der Waals surface area contributed by atoms with Gasteiger partial charge >= 0.3 is 0 Å². The number of nitrogens with zero attached hydrogens (tertiary/aromatic N) is 3. The molecule has 0 N–H and O–H groups in total. The van der Waals surface area contributed by atoms with Crippen LogP contribution in [-0.2, 0) is 0 Å². The lowest BCUT2D eigenvalue weighted by molar-refractivity contribution is 0.624. The molecule has 0 radical (unpaired) electrons. The molecular weight excluding hydrogens is 333 g/mol. The van der Waals surface area contributed by atoms with Crippen LogP contribution in [0, 0.1) is 17.1 Å². The van der Waals surface area contributed by atoms with Crippen molar-refractivity contribution in [2.75, 3.05) is 5.01 Å². The Balaban J connectivity index is 1.94. The fourth-order valence-electron chi connectivity index (χ4n) is 2.34. The largest absolute Gasteiger partial charge is 0.257 e. The number of anilines is 1. The van der Waals surface area contributed by atoms with E-state index >= 15 is 0 Å². The highest BCUT2D eigenvalue weighted by Gasteiger charge is 2.28. The molecule has 0 amide bonds. The summed E-state index contributed by atoms with van der Waals surface area (Å²) in [6, 6.07) is 15.8. The average molecular weight is 344 g/mol. The number of nitriles is 1. The highest BCUT2D eigenvalue weighted by molar-refractivity contribution is 9.18. The predicted octanol–water partition coefficient (Wildman–Crippen LogP) is 4.36. The Labute approximate surface area is 130 Å². The Morgan fingerprint density at radius 2 is 1.81 bits per heavy atom. The molecule has 0 saturated heterocycles. The highest BCUT2D eigenvalue weighted by Crippen LogP contribution is 2.36. The van der Waals surface area contributed by atoms with Crippen molar-refractivity contribution in [3.05, 3.63) is 65.5 Å². The van der Waals surface area contributed by atoms with Crippen molar-refractivity contribution in [3.63, 3.8) is 0 Å². The number of rotatable bonds is 2. The van der Waals surface area contributed by atoms with Crippen LogP contribution in [0.25, 0.3) is 0 Å². The number of hydrogen-bond acceptors (Lipinski definition) is 3. The molecule has 0 fully saturated rings. The molecule has 2 aromatic carbocycles. The monoisotopic (exact) mass is 343 g/mol. The summed E-state index contributed by atoms with van der Waals surface area (Å²) in [6.45, 7) is 0. The molecule has 1 aliphatic rings. The van der Waals surface area contributed by atoms with Gasteiger partial charge in [0.1, 0.15) is 10.4 Å². The van der Waals surface area contributed by atoms with Crippen LogP contribution in [0.4, 0.5) is 10.1 Å². The van der Waals surface area contributed by atoms with Gasteiger partial charge in [-0.3, -0.25) is 5.01 Å². The second-order valence-electron chi connectivity index (χ2n) is 4.75. The van der Waals surface area contributed by atoms with E-state index in [0.717, 1.165) is 22.3 Å². The van der Waals surface area contributed by atoms with Gasteiger partial charge in [-0.05, 0) is 57.9 Å². The first-order valence-corrected chi connectivity index (χ1v) is 7.24. The number of halogens is 2. The number of benzene rings is 2. The van der Waals surface area contributed by atoms with Gasteiger partial charge in [-0.1, -0.05) is 12.1 Å². The summed E-state index contributed by atoms with van der Waals surface area (Å²) in [5.41, 5.74) is 2.51. The fraction of sp³-hybridized carbons (Fsp3) is 0.125. The molecule has 0 aliphatic carbocycles. The van der Waals surface area contributed by atoms with Crippen molar-refractivity contribution in [3.8, 4) is 6.07 Å². The van der Waals surface area contributed by atoms with Gasteiger partial charge < -0.3 is 0 Å². The maximum atomic E-state index is 13.1. The molecule has 1 heterocycles. The van der Waals surface area contributed by atoms with Crippen LogP contribution < -0.4 is 5.01 Å². The van der Waals surface area contributed by atoms with Crippen LogP contribution in [0.15, 0.2) is 53.6 Å². The topological polar surface area (TPSA) is 39.4 Å². The summed E-state index contributed by atoms with van der Waals surface area (Å²) in [7, 11) is 0. The SMILES string of the molecule is N#Cc1ccc(N2N=C(Br)C[C@H]2c2ccc(F)cc2)cc1. The highest BCUT2D eigenvalue weighted by atomic mass is 79.9. The molecule has 3 rings (SSSR count). The van der Waals surface area contributed by atoms with E-state index in [0.29, 0.717) is 5.56 Å². The van der Waals surface area contributed by atoms with Gasteiger partial charge in [0, 0.05) is 6.42 Å². The first-order valence-electron chi connectivity index (χ1n) is 6.45. The number of hydrogen-bond donors (Lipinski definition) is 0. The third-order valence-electron chi connectivity index (χ3n) is 3.39. The molecule has 2 aromatic rings. The molecule has 1 aliphatic heterocycles. The third kappa shape index (κ3) is 2.81. The van der Waals surface area contributed by atoms with Gasteiger partial charge in [-0.15, -0.1) is 0 Å². The number of hydrazone groups is 1. The summed E-state index contributed by atoms with van der Waals surface area (Å²) in [5.74, 6) is -0.248. The second-order valence-corrected chi connectivity index (χ2v) is 5.67. The first kappa shape index (κ1) is 13.8. The minimum Gasteiger partial charge on any atom is -0.257 e. The van der Waals surface area contributed by atoms with Gasteiger partial charge in [0.2, 0.25) is 0 Å². The minimum atomic E-state index is -0.248. The maximum Gasteiger partial charge on any atom is 0.123 e. The molecule has 0 aromatic heterocycles. The van der Waals surface area contributed by atoms with Crippen molar-refractivity contribution in [1.29, 1.82) is 5.26 Å². The van der Waals surface area contributed by atoms with Crippen molar-refractivity contribution in [2.45, 2.75) is 12.5 Å². The van der Waals surface area contributed by atoms with E-state index in [1.54, 1.807) is 24.3 Å². The maximum absolute atomic E-state index is 13.1. The van der Waals surface area contributed by atoms with Crippen LogP contribution in [0.2, 0.25) is 0 Å². The van der Waals surface area contributed by atoms with E-state index in [4.69, 9.17) is 5.26 Å². The molecule has 0 saturated carbocycles. The molecule has 1 atom stereocenters. The Hall–Kier alpha value is -2.19. The van der Waals surface area contributed by atoms with E-state index in [2.05, 4.69) is 27.1 Å². The second kappa shape index (κ2) is 5.66. The van der Waals surface area contributed by atoms with E-state index in [1.165, 1.54) is 12.1 Å². The van der Waals surface area contributed by atoms with Crippen molar-refractivity contribution in [1.82, 2.24) is 0 Å². The van der Waals surface area contributed by atoms with E-state index < -0.39 is 0 Å². The molecule has 0 spiro atoms. The molecule has 5 heteroatoms. The Morgan fingerprint density at radius 3 is 2.43 bits per heavy atom. The zero-order chi connectivity index (χ0) is 14.8. The van der Waals surface area contributed by atoms with Crippen molar-refractivity contribution >= 4 is 26.2 Å². The zero-order valence-electron chi connectivity index (χ0n) is 11.0. The molecule has 0 bridgehead atoms. The van der Waals surface area contributed by atoms with Gasteiger partial charge in [0.25, 0.3) is 0 Å². The van der Waals surface area contributed by atoms with E-state index in [1.807, 2.05) is 17.1 Å². The predicted molar refractivity (Wildman–Crippen MR) is 83.8 cm³/mol. The van der Waals surface area contributed by atoms with Crippen LogP contribution in [0.1, 0.15) is 23.6 Å². The van der Waals surface area contributed by atoms with Gasteiger partial charge in [0.15, 0.2) is 0 Å². The third-order valence-corrected chi connectivity index (χ3v) is 3.87. The lowest BCUT2D eigenvalue weighted by Crippen LogP contribution is -2.18. The van der Waals surface area contributed by atoms with Crippen LogP contribution in [-0.4, -0.2) is 4.62 Å². The van der Waals surface area contributed by atoms with E-state index in [-0.39, 0.29) is 11.9 Å². The first-order chi connectivity index (χ1) is 10.2. The molecule has 104 valence electrons. The Morgan fingerprint density at radius 1 is 1.14 bits per heavy atom. The standard InChI is InChI=1S/C16H11BrFN3/c17-16-9-15(12-3-5-13(18)6-4-12)21(20-16)14-7-1-11(10-19)2-8-14/h1-8,15H,9H2/t15-/m0/s1. The molecular formula is C16H11BrFN3. The summed E-state index contributed by atoms with van der Waals surface area (Å²) in [5, 5.41) is 15.2. The summed E-state index contributed by atoms with van der Waals surface area (Å²) in [4.78, 5) is 0. The molecule has 0 unspecified atom stereocenters. The quantitative estimate of drug-likeness (QED) is 0.812. The van der Waals surface area contributed by atoms with Crippen LogP contribution in [0.5, 0.6) is 0 Å². The molecule has 3 nitrogen and oxygen atoms in total. The normalized spacial score (nSPS) is 17.5. The van der Waals surface area contributed by atoms with Crippen molar-refractivity contribution < 1.29 is 4.39 Å². The zero-order valence-corrected chi connectivity index (χ0v) is 12.6. The van der Waals surface area contributed by atoms with Crippen molar-refractivity contribution in [2.24, 2.45) is 5.10 Å².